The molecule has 1 heterocycles. The number of anilines is 1. The van der Waals surface area contributed by atoms with E-state index in [-0.39, 0.29) is 10.0 Å². The third-order valence-corrected chi connectivity index (χ3v) is 3.90. The number of piperazine rings is 1. The topological polar surface area (TPSA) is 15.3 Å². The van der Waals surface area contributed by atoms with Crippen LogP contribution in [0.4, 0.5) is 10.1 Å². The Labute approximate surface area is 123 Å². The van der Waals surface area contributed by atoms with E-state index in [0.29, 0.717) is 12.0 Å². The summed E-state index contributed by atoms with van der Waals surface area (Å²) in [6, 6.07) is 3.76. The standard InChI is InChI=1S/C14H19Cl2FN2/c1-9(2)5-10-8-19(4-3-18-10)11-6-12(15)14(17)13(16)7-11/h6-7,9-10,18H,3-5,8H2,1-2H3. The number of hydrogen-bond donors (Lipinski definition) is 1. The Balaban J connectivity index is 2.13. The van der Waals surface area contributed by atoms with Crippen molar-refractivity contribution >= 4 is 28.9 Å². The summed E-state index contributed by atoms with van der Waals surface area (Å²) >= 11 is 11.7. The maximum absolute atomic E-state index is 13.4. The summed E-state index contributed by atoms with van der Waals surface area (Å²) in [5.41, 5.74) is 0.895. The number of halogens is 3. The van der Waals surface area contributed by atoms with Crippen LogP contribution in [0.2, 0.25) is 10.0 Å². The Bertz CT molecular complexity index is 428. The van der Waals surface area contributed by atoms with Gasteiger partial charge in [0.05, 0.1) is 10.0 Å². The molecule has 1 aliphatic heterocycles. The molecule has 5 heteroatoms. The molecule has 2 nitrogen and oxygen atoms in total. The molecule has 1 fully saturated rings. The number of nitrogens with zero attached hydrogens (tertiary/aromatic N) is 1. The summed E-state index contributed by atoms with van der Waals surface area (Å²) in [5.74, 6) is 0.110. The molecule has 1 N–H and O–H groups in total. The van der Waals surface area contributed by atoms with Crippen LogP contribution in [0.3, 0.4) is 0 Å². The van der Waals surface area contributed by atoms with Gasteiger partial charge in [-0.15, -0.1) is 0 Å². The second kappa shape index (κ2) is 6.29. The van der Waals surface area contributed by atoms with Crippen molar-refractivity contribution in [2.45, 2.75) is 26.3 Å². The lowest BCUT2D eigenvalue weighted by Gasteiger charge is -2.36. The maximum Gasteiger partial charge on any atom is 0.160 e. The van der Waals surface area contributed by atoms with Crippen LogP contribution >= 0.6 is 23.2 Å². The van der Waals surface area contributed by atoms with E-state index >= 15 is 0 Å². The Hall–Kier alpha value is -0.510. The molecule has 1 atom stereocenters. The molecule has 0 saturated carbocycles. The van der Waals surface area contributed by atoms with Gasteiger partial charge in [0.2, 0.25) is 0 Å². The van der Waals surface area contributed by atoms with Crippen molar-refractivity contribution in [3.8, 4) is 0 Å². The fraction of sp³-hybridized carbons (Fsp3) is 0.571. The SMILES string of the molecule is CC(C)CC1CN(c2cc(Cl)c(F)c(Cl)c2)CCN1. The average Bonchev–Trinajstić information content (AvgIpc) is 2.35. The molecular weight excluding hydrogens is 286 g/mol. The lowest BCUT2D eigenvalue weighted by atomic mass is 10.0. The molecule has 1 aromatic carbocycles. The summed E-state index contributed by atoms with van der Waals surface area (Å²) in [5, 5.41) is 3.68. The molecule has 0 aromatic heterocycles. The third kappa shape index (κ3) is 3.74. The molecule has 0 amide bonds. The van der Waals surface area contributed by atoms with Gasteiger partial charge in [0.1, 0.15) is 0 Å². The maximum atomic E-state index is 13.4. The quantitative estimate of drug-likeness (QED) is 0.851. The highest BCUT2D eigenvalue weighted by Crippen LogP contribution is 2.30. The largest absolute Gasteiger partial charge is 0.369 e. The molecule has 106 valence electrons. The predicted octanol–water partition coefficient (Wildman–Crippen LogP) is 3.96. The first kappa shape index (κ1) is 14.9. The van der Waals surface area contributed by atoms with Gasteiger partial charge in [0.25, 0.3) is 0 Å². The van der Waals surface area contributed by atoms with E-state index in [1.165, 1.54) is 0 Å². The summed E-state index contributed by atoms with van der Waals surface area (Å²) in [4.78, 5) is 2.21. The van der Waals surface area contributed by atoms with Crippen molar-refractivity contribution < 1.29 is 4.39 Å². The fourth-order valence-corrected chi connectivity index (χ4v) is 2.99. The minimum Gasteiger partial charge on any atom is -0.369 e. The van der Waals surface area contributed by atoms with Gasteiger partial charge in [-0.3, -0.25) is 0 Å². The van der Waals surface area contributed by atoms with Crippen LogP contribution in [0.5, 0.6) is 0 Å². The molecule has 1 unspecified atom stereocenters. The zero-order valence-electron chi connectivity index (χ0n) is 11.2. The van der Waals surface area contributed by atoms with Crippen molar-refractivity contribution in [3.05, 3.63) is 28.0 Å². The second-order valence-electron chi connectivity index (χ2n) is 5.45. The average molecular weight is 305 g/mol. The number of nitrogens with one attached hydrogen (secondary N) is 1. The van der Waals surface area contributed by atoms with Crippen molar-refractivity contribution in [2.75, 3.05) is 24.5 Å². The van der Waals surface area contributed by atoms with Crippen molar-refractivity contribution in [3.63, 3.8) is 0 Å². The van der Waals surface area contributed by atoms with Gasteiger partial charge >= 0.3 is 0 Å². The molecule has 0 bridgehead atoms. The van der Waals surface area contributed by atoms with Crippen LogP contribution in [0.1, 0.15) is 20.3 Å². The first-order chi connectivity index (χ1) is 8.97. The van der Waals surface area contributed by atoms with E-state index in [4.69, 9.17) is 23.2 Å². The van der Waals surface area contributed by atoms with Gasteiger partial charge in [-0.1, -0.05) is 37.0 Å². The molecule has 1 aliphatic rings. The summed E-state index contributed by atoms with van der Waals surface area (Å²) in [6.45, 7) is 7.13. The smallest absolute Gasteiger partial charge is 0.160 e. The Morgan fingerprint density at radius 3 is 2.58 bits per heavy atom. The number of benzene rings is 1. The predicted molar refractivity (Wildman–Crippen MR) is 79.9 cm³/mol. The minimum absolute atomic E-state index is 0.0847. The summed E-state index contributed by atoms with van der Waals surface area (Å²) in [7, 11) is 0. The van der Waals surface area contributed by atoms with E-state index < -0.39 is 5.82 Å². The molecule has 0 spiro atoms. The van der Waals surface area contributed by atoms with Crippen LogP contribution in [-0.4, -0.2) is 25.7 Å². The van der Waals surface area contributed by atoms with Crippen LogP contribution in [-0.2, 0) is 0 Å². The van der Waals surface area contributed by atoms with Crippen LogP contribution < -0.4 is 10.2 Å². The van der Waals surface area contributed by atoms with E-state index in [2.05, 4.69) is 24.1 Å². The van der Waals surface area contributed by atoms with Crippen molar-refractivity contribution in [2.24, 2.45) is 5.92 Å². The van der Waals surface area contributed by atoms with Gasteiger partial charge in [0.15, 0.2) is 5.82 Å². The Kier molecular flexibility index (Phi) is 4.93. The zero-order valence-corrected chi connectivity index (χ0v) is 12.7. The molecule has 0 aliphatic carbocycles. The van der Waals surface area contributed by atoms with E-state index in [0.717, 1.165) is 31.7 Å². The van der Waals surface area contributed by atoms with E-state index in [1.54, 1.807) is 12.1 Å². The molecular formula is C14H19Cl2FN2. The molecule has 1 aromatic rings. The first-order valence-corrected chi connectivity index (χ1v) is 7.36. The molecule has 2 rings (SSSR count). The molecule has 1 saturated heterocycles. The van der Waals surface area contributed by atoms with Gasteiger partial charge in [0, 0.05) is 31.4 Å². The fourth-order valence-electron chi connectivity index (χ4n) is 2.51. The lowest BCUT2D eigenvalue weighted by Crippen LogP contribution is -2.51. The van der Waals surface area contributed by atoms with Gasteiger partial charge < -0.3 is 10.2 Å². The zero-order chi connectivity index (χ0) is 14.0. The van der Waals surface area contributed by atoms with Crippen LogP contribution in [0.15, 0.2) is 12.1 Å². The highest BCUT2D eigenvalue weighted by atomic mass is 35.5. The highest BCUT2D eigenvalue weighted by molar-refractivity contribution is 6.35. The monoisotopic (exact) mass is 304 g/mol. The summed E-state index contributed by atoms with van der Waals surface area (Å²) in [6.07, 6.45) is 1.12. The second-order valence-corrected chi connectivity index (χ2v) is 6.26. The van der Waals surface area contributed by atoms with Gasteiger partial charge in [-0.2, -0.15) is 0 Å². The number of rotatable bonds is 3. The van der Waals surface area contributed by atoms with Crippen molar-refractivity contribution in [1.29, 1.82) is 0 Å². The number of hydrogen-bond acceptors (Lipinski definition) is 2. The Morgan fingerprint density at radius 2 is 2.00 bits per heavy atom. The van der Waals surface area contributed by atoms with E-state index in [9.17, 15) is 4.39 Å². The van der Waals surface area contributed by atoms with Crippen LogP contribution in [0.25, 0.3) is 0 Å². The highest BCUT2D eigenvalue weighted by Gasteiger charge is 2.21. The normalized spacial score (nSPS) is 20.1. The molecule has 0 radical (unpaired) electrons. The lowest BCUT2D eigenvalue weighted by molar-refractivity contribution is 0.388. The minimum atomic E-state index is -0.541. The van der Waals surface area contributed by atoms with Gasteiger partial charge in [-0.25, -0.2) is 4.39 Å². The van der Waals surface area contributed by atoms with Crippen molar-refractivity contribution in [1.82, 2.24) is 5.32 Å². The summed E-state index contributed by atoms with van der Waals surface area (Å²) < 4.78 is 13.4. The van der Waals surface area contributed by atoms with E-state index in [1.807, 2.05) is 0 Å². The van der Waals surface area contributed by atoms with Gasteiger partial charge in [-0.05, 0) is 24.5 Å². The van der Waals surface area contributed by atoms with Crippen LogP contribution in [0, 0.1) is 11.7 Å². The third-order valence-electron chi connectivity index (χ3n) is 3.35. The molecule has 19 heavy (non-hydrogen) atoms. The first-order valence-electron chi connectivity index (χ1n) is 6.60. The Morgan fingerprint density at radius 1 is 1.37 bits per heavy atom.